The number of carbonyl (C=O) groups is 1. The molecule has 11 heavy (non-hydrogen) atoms. The van der Waals surface area contributed by atoms with Crippen LogP contribution in [0.4, 0.5) is 0 Å². The normalized spacial score (nSPS) is 38.5. The third kappa shape index (κ3) is 1.12. The molecule has 2 N–H and O–H groups in total. The zero-order chi connectivity index (χ0) is 7.84. The number of hydrogen-bond acceptors (Lipinski definition) is 3. The van der Waals surface area contributed by atoms with Crippen molar-refractivity contribution in [3.8, 4) is 0 Å². The molecule has 4 heteroatoms. The largest absolute Gasteiger partial charge is 0.353 e. The van der Waals surface area contributed by atoms with Gasteiger partial charge in [0.15, 0.2) is 0 Å². The van der Waals surface area contributed by atoms with Gasteiger partial charge in [0.1, 0.15) is 6.04 Å². The molecule has 0 bridgehead atoms. The van der Waals surface area contributed by atoms with Crippen molar-refractivity contribution in [1.29, 1.82) is 0 Å². The van der Waals surface area contributed by atoms with Crippen molar-refractivity contribution in [1.82, 2.24) is 15.8 Å². The van der Waals surface area contributed by atoms with E-state index in [1.807, 2.05) is 5.01 Å². The number of hydrazine groups is 1. The Hall–Kier alpha value is -0.610. The van der Waals surface area contributed by atoms with Gasteiger partial charge in [-0.3, -0.25) is 10.2 Å². The van der Waals surface area contributed by atoms with Gasteiger partial charge in [-0.05, 0) is 13.3 Å². The van der Waals surface area contributed by atoms with Gasteiger partial charge in [0.05, 0.1) is 0 Å². The van der Waals surface area contributed by atoms with E-state index in [1.54, 1.807) is 0 Å². The lowest BCUT2D eigenvalue weighted by Crippen LogP contribution is -2.55. The van der Waals surface area contributed by atoms with Crippen molar-refractivity contribution in [2.24, 2.45) is 0 Å². The zero-order valence-corrected chi connectivity index (χ0v) is 6.63. The fourth-order valence-corrected chi connectivity index (χ4v) is 1.77. The predicted molar refractivity (Wildman–Crippen MR) is 40.7 cm³/mol. The van der Waals surface area contributed by atoms with Gasteiger partial charge in [0, 0.05) is 19.1 Å². The van der Waals surface area contributed by atoms with E-state index in [-0.39, 0.29) is 11.9 Å². The van der Waals surface area contributed by atoms with Crippen LogP contribution in [0.25, 0.3) is 0 Å². The van der Waals surface area contributed by atoms with Crippen LogP contribution in [0.3, 0.4) is 0 Å². The van der Waals surface area contributed by atoms with Crippen LogP contribution >= 0.6 is 0 Å². The molecule has 2 fully saturated rings. The third-order valence-corrected chi connectivity index (χ3v) is 2.29. The first-order chi connectivity index (χ1) is 5.27. The number of fused-ring (bicyclic) bond motifs is 1. The number of carbonyl (C=O) groups excluding carboxylic acids is 1. The second-order valence-corrected chi connectivity index (χ2v) is 3.27. The Morgan fingerprint density at radius 1 is 1.64 bits per heavy atom. The molecular weight excluding hydrogens is 142 g/mol. The lowest BCUT2D eigenvalue weighted by Gasteiger charge is -2.28. The molecular formula is C7H13N3O. The lowest BCUT2D eigenvalue weighted by molar-refractivity contribution is -0.128. The molecule has 0 spiro atoms. The van der Waals surface area contributed by atoms with E-state index in [1.165, 1.54) is 0 Å². The first-order valence-corrected chi connectivity index (χ1v) is 4.08. The molecule has 62 valence electrons. The number of hydrogen-bond donors (Lipinski definition) is 2. The maximum Gasteiger partial charge on any atom is 0.238 e. The van der Waals surface area contributed by atoms with E-state index < -0.39 is 0 Å². The van der Waals surface area contributed by atoms with Crippen LogP contribution in [-0.2, 0) is 4.79 Å². The average Bonchev–Trinajstić information content (AvgIpc) is 2.31. The summed E-state index contributed by atoms with van der Waals surface area (Å²) in [5.74, 6) is 0.174. The molecule has 1 amide bonds. The lowest BCUT2D eigenvalue weighted by atomic mass is 10.1. The smallest absolute Gasteiger partial charge is 0.238 e. The van der Waals surface area contributed by atoms with Crippen molar-refractivity contribution in [2.45, 2.75) is 25.4 Å². The fourth-order valence-electron chi connectivity index (χ4n) is 1.77. The summed E-state index contributed by atoms with van der Waals surface area (Å²) in [6.45, 7) is 3.81. The molecule has 2 saturated heterocycles. The summed E-state index contributed by atoms with van der Waals surface area (Å²) in [6.07, 6.45) is 0.936. The quantitative estimate of drug-likeness (QED) is 0.475. The van der Waals surface area contributed by atoms with Crippen molar-refractivity contribution >= 4 is 5.91 Å². The summed E-state index contributed by atoms with van der Waals surface area (Å²) in [6, 6.07) is 0.530. The molecule has 4 nitrogen and oxygen atoms in total. The van der Waals surface area contributed by atoms with Crippen molar-refractivity contribution in [2.75, 3.05) is 13.1 Å². The van der Waals surface area contributed by atoms with Gasteiger partial charge in [0.2, 0.25) is 5.91 Å². The van der Waals surface area contributed by atoms with Crippen LogP contribution in [0.1, 0.15) is 13.3 Å². The van der Waals surface area contributed by atoms with Gasteiger partial charge in [0.25, 0.3) is 0 Å². The molecule has 2 aliphatic rings. The summed E-state index contributed by atoms with van der Waals surface area (Å²) >= 11 is 0. The SMILES string of the molecule is CC1CC2C(=O)NCCN2N1. The highest BCUT2D eigenvalue weighted by Crippen LogP contribution is 2.15. The molecule has 0 aliphatic carbocycles. The standard InChI is InChI=1S/C7H13N3O/c1-5-4-6-7(11)8-2-3-10(6)9-5/h5-6,9H,2-4H2,1H3,(H,8,11). The zero-order valence-electron chi connectivity index (χ0n) is 6.63. The summed E-state index contributed by atoms with van der Waals surface area (Å²) in [5.41, 5.74) is 3.26. The van der Waals surface area contributed by atoms with Crippen LogP contribution in [0.2, 0.25) is 0 Å². The summed E-state index contributed by atoms with van der Waals surface area (Å²) in [7, 11) is 0. The summed E-state index contributed by atoms with van der Waals surface area (Å²) < 4.78 is 0. The minimum absolute atomic E-state index is 0.0822. The molecule has 2 heterocycles. The Bertz CT molecular complexity index is 183. The first kappa shape index (κ1) is 7.06. The van der Waals surface area contributed by atoms with E-state index in [0.29, 0.717) is 6.04 Å². The maximum absolute atomic E-state index is 11.2. The fraction of sp³-hybridized carbons (Fsp3) is 0.857. The maximum atomic E-state index is 11.2. The van der Waals surface area contributed by atoms with E-state index in [0.717, 1.165) is 19.5 Å². The number of rotatable bonds is 0. The molecule has 2 atom stereocenters. The number of piperazine rings is 1. The Kier molecular flexibility index (Phi) is 1.58. The van der Waals surface area contributed by atoms with E-state index in [2.05, 4.69) is 17.7 Å². The predicted octanol–water partition coefficient (Wildman–Crippen LogP) is -0.916. The van der Waals surface area contributed by atoms with Crippen LogP contribution in [0.15, 0.2) is 0 Å². The highest BCUT2D eigenvalue weighted by atomic mass is 16.2. The monoisotopic (exact) mass is 155 g/mol. The van der Waals surface area contributed by atoms with Crippen LogP contribution in [0, 0.1) is 0 Å². The minimum Gasteiger partial charge on any atom is -0.353 e. The van der Waals surface area contributed by atoms with Gasteiger partial charge in [-0.2, -0.15) is 0 Å². The minimum atomic E-state index is 0.0822. The van der Waals surface area contributed by atoms with E-state index in [4.69, 9.17) is 0 Å². The van der Waals surface area contributed by atoms with Crippen LogP contribution in [0.5, 0.6) is 0 Å². The molecule has 2 aliphatic heterocycles. The molecule has 0 aromatic carbocycles. The number of nitrogens with one attached hydrogen (secondary N) is 2. The van der Waals surface area contributed by atoms with E-state index in [9.17, 15) is 4.79 Å². The second kappa shape index (κ2) is 2.46. The Balaban J connectivity index is 2.09. The average molecular weight is 155 g/mol. The number of nitrogens with zero attached hydrogens (tertiary/aromatic N) is 1. The van der Waals surface area contributed by atoms with Gasteiger partial charge >= 0.3 is 0 Å². The molecule has 0 saturated carbocycles. The summed E-state index contributed by atoms with van der Waals surface area (Å²) in [5, 5.41) is 4.90. The molecule has 2 unspecified atom stereocenters. The molecule has 0 radical (unpaired) electrons. The van der Waals surface area contributed by atoms with Gasteiger partial charge in [-0.15, -0.1) is 0 Å². The van der Waals surface area contributed by atoms with Crippen LogP contribution < -0.4 is 10.7 Å². The molecule has 2 rings (SSSR count). The Labute approximate surface area is 65.9 Å². The molecule has 0 aromatic rings. The van der Waals surface area contributed by atoms with Crippen molar-refractivity contribution < 1.29 is 4.79 Å². The number of amides is 1. The Morgan fingerprint density at radius 3 is 3.18 bits per heavy atom. The highest BCUT2D eigenvalue weighted by molar-refractivity contribution is 5.82. The highest BCUT2D eigenvalue weighted by Gasteiger charge is 2.36. The van der Waals surface area contributed by atoms with Gasteiger partial charge < -0.3 is 5.32 Å². The first-order valence-electron chi connectivity index (χ1n) is 4.08. The second-order valence-electron chi connectivity index (χ2n) is 3.27. The summed E-state index contributed by atoms with van der Waals surface area (Å²) in [4.78, 5) is 11.2. The van der Waals surface area contributed by atoms with Gasteiger partial charge in [-0.25, -0.2) is 5.01 Å². The Morgan fingerprint density at radius 2 is 2.45 bits per heavy atom. The topological polar surface area (TPSA) is 44.4 Å². The van der Waals surface area contributed by atoms with Gasteiger partial charge in [-0.1, -0.05) is 0 Å². The van der Waals surface area contributed by atoms with Crippen molar-refractivity contribution in [3.63, 3.8) is 0 Å². The van der Waals surface area contributed by atoms with Crippen LogP contribution in [-0.4, -0.2) is 36.1 Å². The third-order valence-electron chi connectivity index (χ3n) is 2.29. The van der Waals surface area contributed by atoms with E-state index >= 15 is 0 Å². The molecule has 0 aromatic heterocycles. The van der Waals surface area contributed by atoms with Crippen molar-refractivity contribution in [3.05, 3.63) is 0 Å².